The maximum atomic E-state index is 12.4. The van der Waals surface area contributed by atoms with Crippen LogP contribution in [0, 0.1) is 11.8 Å². The largest absolute Gasteiger partial charge is 0.461 e. The van der Waals surface area contributed by atoms with Gasteiger partial charge in [0.25, 0.3) is 0 Å². The lowest BCUT2D eigenvalue weighted by Crippen LogP contribution is -2.37. The summed E-state index contributed by atoms with van der Waals surface area (Å²) in [6, 6.07) is 9.50. The number of ether oxygens (including phenoxy) is 2. The van der Waals surface area contributed by atoms with Crippen LogP contribution < -0.4 is 0 Å². The molecular weight excluding hydrogens is 553 g/mol. The number of thiophene rings is 1. The molecule has 4 rings (SSSR count). The number of carbonyl (C=O) groups excluding carboxylic acids is 1. The SMILES string of the molecule is O=C(OCCCN1CCOCC1)c1ccc(CCCC2C(Cl)CC(O)C2CCc2cc(Cl)cc(Cl)c2)s1. The van der Waals surface area contributed by atoms with Crippen LogP contribution in [0.4, 0.5) is 0 Å². The second-order valence-corrected chi connectivity index (χ2v) is 12.7. The molecule has 2 aliphatic rings. The molecule has 5 nitrogen and oxygen atoms in total. The normalized spacial score (nSPS) is 24.4. The fourth-order valence-electron chi connectivity index (χ4n) is 5.51. The van der Waals surface area contributed by atoms with Crippen LogP contribution in [0.5, 0.6) is 0 Å². The van der Waals surface area contributed by atoms with Crippen molar-refractivity contribution in [3.8, 4) is 0 Å². The van der Waals surface area contributed by atoms with Gasteiger partial charge in [-0.2, -0.15) is 0 Å². The summed E-state index contributed by atoms with van der Waals surface area (Å²) < 4.78 is 10.8. The molecule has 2 fully saturated rings. The molecule has 0 spiro atoms. The molecule has 1 aliphatic carbocycles. The van der Waals surface area contributed by atoms with Crippen molar-refractivity contribution in [2.45, 2.75) is 56.4 Å². The van der Waals surface area contributed by atoms with Crippen molar-refractivity contribution in [3.05, 3.63) is 55.7 Å². The van der Waals surface area contributed by atoms with Crippen molar-refractivity contribution in [3.63, 3.8) is 0 Å². The highest BCUT2D eigenvalue weighted by Crippen LogP contribution is 2.42. The lowest BCUT2D eigenvalue weighted by molar-refractivity contribution is 0.0300. The average Bonchev–Trinajstić information content (AvgIpc) is 3.44. The number of halogens is 3. The Morgan fingerprint density at radius 2 is 1.81 bits per heavy atom. The van der Waals surface area contributed by atoms with E-state index in [-0.39, 0.29) is 29.3 Å². The van der Waals surface area contributed by atoms with E-state index in [0.29, 0.717) is 28.0 Å². The van der Waals surface area contributed by atoms with Gasteiger partial charge in [-0.15, -0.1) is 22.9 Å². The zero-order valence-corrected chi connectivity index (χ0v) is 24.1. The Kier molecular flexibility index (Phi) is 11.4. The van der Waals surface area contributed by atoms with Crippen LogP contribution in [0.15, 0.2) is 30.3 Å². The zero-order valence-electron chi connectivity index (χ0n) is 21.0. The van der Waals surface area contributed by atoms with Crippen LogP contribution >= 0.6 is 46.1 Å². The average molecular weight is 589 g/mol. The van der Waals surface area contributed by atoms with Crippen molar-refractivity contribution < 1.29 is 19.4 Å². The van der Waals surface area contributed by atoms with E-state index in [1.54, 1.807) is 6.07 Å². The molecule has 1 aromatic carbocycles. The molecular formula is C28H36Cl3NO4S. The molecule has 2 heterocycles. The molecule has 0 amide bonds. The summed E-state index contributed by atoms with van der Waals surface area (Å²) in [5.74, 6) is 0.188. The minimum atomic E-state index is -0.381. The van der Waals surface area contributed by atoms with E-state index in [1.165, 1.54) is 16.2 Å². The lowest BCUT2D eigenvalue weighted by atomic mass is 9.85. The predicted molar refractivity (Wildman–Crippen MR) is 151 cm³/mol. The smallest absolute Gasteiger partial charge is 0.348 e. The Balaban J connectivity index is 1.19. The minimum absolute atomic E-state index is 0.0192. The molecule has 0 bridgehead atoms. The molecule has 0 radical (unpaired) electrons. The first kappa shape index (κ1) is 29.1. The maximum absolute atomic E-state index is 12.4. The van der Waals surface area contributed by atoms with Crippen molar-refractivity contribution in [1.29, 1.82) is 0 Å². The van der Waals surface area contributed by atoms with Gasteiger partial charge in [-0.1, -0.05) is 23.2 Å². The van der Waals surface area contributed by atoms with Gasteiger partial charge in [0.1, 0.15) is 4.88 Å². The van der Waals surface area contributed by atoms with Crippen molar-refractivity contribution in [2.24, 2.45) is 11.8 Å². The fraction of sp³-hybridized carbons (Fsp3) is 0.607. The van der Waals surface area contributed by atoms with Crippen LogP contribution in [0.25, 0.3) is 0 Å². The van der Waals surface area contributed by atoms with Gasteiger partial charge >= 0.3 is 5.97 Å². The van der Waals surface area contributed by atoms with Crippen LogP contribution in [-0.4, -0.2) is 66.9 Å². The number of aliphatic hydroxyl groups excluding tert-OH is 1. The summed E-state index contributed by atoms with van der Waals surface area (Å²) >= 11 is 20.5. The van der Waals surface area contributed by atoms with Crippen LogP contribution in [0.1, 0.15) is 52.2 Å². The topological polar surface area (TPSA) is 59.0 Å². The molecule has 204 valence electrons. The Labute approximate surface area is 239 Å². The highest BCUT2D eigenvalue weighted by Gasteiger charge is 2.40. The predicted octanol–water partition coefficient (Wildman–Crippen LogP) is 6.49. The summed E-state index contributed by atoms with van der Waals surface area (Å²) in [6.45, 7) is 4.83. The molecule has 1 saturated heterocycles. The Morgan fingerprint density at radius 1 is 1.05 bits per heavy atom. The number of esters is 1. The third kappa shape index (κ3) is 8.82. The first-order valence-electron chi connectivity index (χ1n) is 13.2. The summed E-state index contributed by atoms with van der Waals surface area (Å²) in [7, 11) is 0. The summed E-state index contributed by atoms with van der Waals surface area (Å²) in [4.78, 5) is 16.6. The van der Waals surface area contributed by atoms with Gasteiger partial charge in [0.05, 0.1) is 25.9 Å². The van der Waals surface area contributed by atoms with Gasteiger partial charge in [-0.25, -0.2) is 4.79 Å². The number of aliphatic hydroxyl groups is 1. The number of alkyl halides is 1. The summed E-state index contributed by atoms with van der Waals surface area (Å²) in [5.41, 5.74) is 1.08. The third-order valence-corrected chi connectivity index (χ3v) is 9.51. The summed E-state index contributed by atoms with van der Waals surface area (Å²) in [6.07, 6.45) is 5.56. The van der Waals surface area contributed by atoms with Gasteiger partial charge < -0.3 is 14.6 Å². The molecule has 1 saturated carbocycles. The molecule has 4 unspecified atom stereocenters. The van der Waals surface area contributed by atoms with Gasteiger partial charge in [-0.05, 0) is 92.7 Å². The Hall–Kier alpha value is -0.860. The minimum Gasteiger partial charge on any atom is -0.461 e. The quantitative estimate of drug-likeness (QED) is 0.174. The number of carbonyl (C=O) groups is 1. The second-order valence-electron chi connectivity index (χ2n) is 10.1. The second kappa shape index (κ2) is 14.5. The standard InChI is InChI=1S/C28H36Cl3NO4S/c29-20-15-19(16-21(30)17-20)5-7-24-23(25(31)18-26(24)33)4-1-3-22-6-8-27(37-22)28(34)36-12-2-9-32-10-13-35-14-11-32/h6,8,15-17,23-26,33H,1-5,7,9-14,18H2. The first-order valence-corrected chi connectivity index (χ1v) is 15.2. The number of hydrogen-bond donors (Lipinski definition) is 1. The Bertz CT molecular complexity index is 993. The maximum Gasteiger partial charge on any atom is 0.348 e. The van der Waals surface area contributed by atoms with Crippen molar-refractivity contribution in [1.82, 2.24) is 4.90 Å². The van der Waals surface area contributed by atoms with Crippen molar-refractivity contribution >= 4 is 52.1 Å². The highest BCUT2D eigenvalue weighted by atomic mass is 35.5. The molecule has 4 atom stereocenters. The monoisotopic (exact) mass is 587 g/mol. The number of rotatable bonds is 12. The first-order chi connectivity index (χ1) is 17.9. The van der Waals surface area contributed by atoms with Crippen LogP contribution in [-0.2, 0) is 22.3 Å². The van der Waals surface area contributed by atoms with Gasteiger partial charge in [0, 0.05) is 39.9 Å². The lowest BCUT2D eigenvalue weighted by Gasteiger charge is -2.26. The number of nitrogens with zero attached hydrogens (tertiary/aromatic N) is 1. The molecule has 2 aromatic rings. The van der Waals surface area contributed by atoms with E-state index in [0.717, 1.165) is 76.9 Å². The molecule has 37 heavy (non-hydrogen) atoms. The fourth-order valence-corrected chi connectivity index (χ4v) is 7.52. The van der Waals surface area contributed by atoms with E-state index in [9.17, 15) is 9.90 Å². The molecule has 1 aliphatic heterocycles. The molecule has 1 N–H and O–H groups in total. The van der Waals surface area contributed by atoms with E-state index in [2.05, 4.69) is 4.90 Å². The number of aryl methyl sites for hydroxylation is 2. The number of hydrogen-bond acceptors (Lipinski definition) is 6. The van der Waals surface area contributed by atoms with E-state index >= 15 is 0 Å². The number of morpholine rings is 1. The molecule has 1 aromatic heterocycles. The van der Waals surface area contributed by atoms with Crippen molar-refractivity contribution in [2.75, 3.05) is 39.5 Å². The highest BCUT2D eigenvalue weighted by molar-refractivity contribution is 7.13. The van der Waals surface area contributed by atoms with E-state index in [4.69, 9.17) is 44.3 Å². The van der Waals surface area contributed by atoms with Gasteiger partial charge in [0.15, 0.2) is 0 Å². The Morgan fingerprint density at radius 3 is 2.57 bits per heavy atom. The van der Waals surface area contributed by atoms with Crippen LogP contribution in [0.3, 0.4) is 0 Å². The van der Waals surface area contributed by atoms with Gasteiger partial charge in [0.2, 0.25) is 0 Å². The zero-order chi connectivity index (χ0) is 26.2. The third-order valence-electron chi connectivity index (χ3n) is 7.44. The number of benzene rings is 1. The van der Waals surface area contributed by atoms with E-state index < -0.39 is 0 Å². The summed E-state index contributed by atoms with van der Waals surface area (Å²) in [5, 5.41) is 11.9. The van der Waals surface area contributed by atoms with Crippen LogP contribution in [0.2, 0.25) is 10.0 Å². The molecule has 9 heteroatoms. The van der Waals surface area contributed by atoms with E-state index in [1.807, 2.05) is 24.3 Å². The van der Waals surface area contributed by atoms with Gasteiger partial charge in [-0.3, -0.25) is 4.90 Å².